The van der Waals surface area contributed by atoms with Crippen molar-refractivity contribution in [3.05, 3.63) is 41.2 Å². The van der Waals surface area contributed by atoms with Gasteiger partial charge in [-0.05, 0) is 31.2 Å². The molecule has 3 nitrogen and oxygen atoms in total. The maximum Gasteiger partial charge on any atom is 0.152 e. The molecule has 0 aromatic carbocycles. The number of allylic oxidation sites excluding steroid dienone is 2. The van der Waals surface area contributed by atoms with Crippen molar-refractivity contribution < 1.29 is 4.79 Å². The lowest BCUT2D eigenvalue weighted by Crippen LogP contribution is -2.00. The molecule has 1 aromatic rings. The summed E-state index contributed by atoms with van der Waals surface area (Å²) >= 11 is 5.71. The summed E-state index contributed by atoms with van der Waals surface area (Å²) in [6.45, 7) is 1.49. The molecule has 1 aromatic heterocycles. The second-order valence-corrected chi connectivity index (χ2v) is 3.35. The van der Waals surface area contributed by atoms with E-state index < -0.39 is 0 Å². The third-order valence-electron chi connectivity index (χ3n) is 1.71. The fourth-order valence-corrected chi connectivity index (χ4v) is 1.11. The first-order valence-corrected chi connectivity index (χ1v) is 4.78. The summed E-state index contributed by atoms with van der Waals surface area (Å²) in [4.78, 5) is 18.9. The molecule has 0 atom stereocenters. The summed E-state index contributed by atoms with van der Waals surface area (Å²) in [6, 6.07) is 3.49. The Kier molecular flexibility index (Phi) is 4.18. The Balaban J connectivity index is 2.94. The Morgan fingerprint density at radius 2 is 2.20 bits per heavy atom. The first-order valence-electron chi connectivity index (χ1n) is 4.41. The van der Waals surface area contributed by atoms with Gasteiger partial charge in [0.2, 0.25) is 0 Å². The lowest BCUT2D eigenvalue weighted by atomic mass is 10.2. The van der Waals surface area contributed by atoms with E-state index in [2.05, 4.69) is 9.98 Å². The van der Waals surface area contributed by atoms with Gasteiger partial charge in [0, 0.05) is 13.2 Å². The number of nitrogens with zero attached hydrogens (tertiary/aromatic N) is 2. The van der Waals surface area contributed by atoms with E-state index in [1.807, 2.05) is 0 Å². The van der Waals surface area contributed by atoms with Gasteiger partial charge < -0.3 is 0 Å². The Morgan fingerprint density at radius 1 is 1.47 bits per heavy atom. The number of carbonyl (C=O) groups excluding carboxylic acids is 1. The number of carbonyl (C=O) groups is 1. The molecule has 0 amide bonds. The largest absolute Gasteiger partial charge is 0.295 e. The number of hydrogen-bond donors (Lipinski definition) is 0. The van der Waals surface area contributed by atoms with Crippen LogP contribution in [0, 0.1) is 0 Å². The Bertz CT molecular complexity index is 407. The zero-order valence-electron chi connectivity index (χ0n) is 8.57. The highest BCUT2D eigenvalue weighted by Gasteiger charge is 2.00. The van der Waals surface area contributed by atoms with E-state index in [4.69, 9.17) is 11.6 Å². The monoisotopic (exact) mass is 222 g/mol. The van der Waals surface area contributed by atoms with Crippen molar-refractivity contribution >= 4 is 23.1 Å². The fourth-order valence-electron chi connectivity index (χ4n) is 0.998. The summed E-state index contributed by atoms with van der Waals surface area (Å²) in [7, 11) is 1.65. The van der Waals surface area contributed by atoms with E-state index in [0.29, 0.717) is 16.4 Å². The summed E-state index contributed by atoms with van der Waals surface area (Å²) < 4.78 is 0. The standard InChI is InChI=1S/C11H11ClN2O/c1-8(15)3-5-10(13-2)11-6-4-9(12)7-14-11/h3-7H,1-2H3/b5-3-,13-10?. The molecule has 0 spiro atoms. The minimum Gasteiger partial charge on any atom is -0.295 e. The molecule has 0 N–H and O–H groups in total. The molecule has 0 bridgehead atoms. The molecule has 0 saturated heterocycles. The first-order chi connectivity index (χ1) is 7.13. The van der Waals surface area contributed by atoms with Gasteiger partial charge in [0.1, 0.15) is 0 Å². The van der Waals surface area contributed by atoms with Crippen molar-refractivity contribution in [1.29, 1.82) is 0 Å². The minimum absolute atomic E-state index is 0.0230. The molecule has 0 saturated carbocycles. The number of ketones is 1. The van der Waals surface area contributed by atoms with Crippen LogP contribution in [0.2, 0.25) is 5.02 Å². The number of hydrogen-bond acceptors (Lipinski definition) is 3. The van der Waals surface area contributed by atoms with E-state index >= 15 is 0 Å². The van der Waals surface area contributed by atoms with Crippen molar-refractivity contribution in [1.82, 2.24) is 4.98 Å². The quantitative estimate of drug-likeness (QED) is 0.582. The van der Waals surface area contributed by atoms with Gasteiger partial charge in [-0.1, -0.05) is 11.6 Å². The number of aliphatic imine (C=N–C) groups is 1. The molecule has 4 heteroatoms. The highest BCUT2D eigenvalue weighted by Crippen LogP contribution is 2.07. The molecule has 0 radical (unpaired) electrons. The predicted octanol–water partition coefficient (Wildman–Crippen LogP) is 2.30. The van der Waals surface area contributed by atoms with Crippen molar-refractivity contribution in [3.63, 3.8) is 0 Å². The van der Waals surface area contributed by atoms with E-state index in [1.165, 1.54) is 13.0 Å². The average molecular weight is 223 g/mol. The fraction of sp³-hybridized carbons (Fsp3) is 0.182. The van der Waals surface area contributed by atoms with Crippen LogP contribution in [0.5, 0.6) is 0 Å². The van der Waals surface area contributed by atoms with E-state index in [1.54, 1.807) is 31.5 Å². The summed E-state index contributed by atoms with van der Waals surface area (Å²) in [5.41, 5.74) is 1.35. The van der Waals surface area contributed by atoms with Crippen LogP contribution in [0.4, 0.5) is 0 Å². The maximum absolute atomic E-state index is 10.8. The Labute approximate surface area is 93.5 Å². The average Bonchev–Trinajstić information content (AvgIpc) is 2.21. The van der Waals surface area contributed by atoms with Crippen LogP contribution in [-0.4, -0.2) is 23.5 Å². The normalized spacial score (nSPS) is 12.1. The van der Waals surface area contributed by atoms with Gasteiger partial charge in [0.05, 0.1) is 16.4 Å². The van der Waals surface area contributed by atoms with E-state index in [0.717, 1.165) is 0 Å². The molecule has 1 rings (SSSR count). The molecule has 0 aliphatic carbocycles. The van der Waals surface area contributed by atoms with Gasteiger partial charge in [0.25, 0.3) is 0 Å². The molecular weight excluding hydrogens is 212 g/mol. The SMILES string of the molecule is CN=C(/C=C\C(C)=O)c1ccc(Cl)cn1. The van der Waals surface area contributed by atoms with Gasteiger partial charge in [-0.3, -0.25) is 14.8 Å². The molecule has 0 unspecified atom stereocenters. The second kappa shape index (κ2) is 5.41. The third-order valence-corrected chi connectivity index (χ3v) is 1.93. The molecular formula is C11H11ClN2O. The van der Waals surface area contributed by atoms with Crippen LogP contribution < -0.4 is 0 Å². The number of aromatic nitrogens is 1. The van der Waals surface area contributed by atoms with Gasteiger partial charge in [-0.25, -0.2) is 0 Å². The van der Waals surface area contributed by atoms with Gasteiger partial charge in [-0.15, -0.1) is 0 Å². The lowest BCUT2D eigenvalue weighted by molar-refractivity contribution is -0.112. The van der Waals surface area contributed by atoms with Crippen LogP contribution in [-0.2, 0) is 4.79 Å². The number of pyridine rings is 1. The molecule has 0 fully saturated rings. The third kappa shape index (κ3) is 3.64. The van der Waals surface area contributed by atoms with Gasteiger partial charge >= 0.3 is 0 Å². The molecule has 15 heavy (non-hydrogen) atoms. The molecule has 1 heterocycles. The Hall–Kier alpha value is -1.48. The topological polar surface area (TPSA) is 42.3 Å². The number of rotatable bonds is 3. The van der Waals surface area contributed by atoms with Crippen molar-refractivity contribution in [2.45, 2.75) is 6.92 Å². The minimum atomic E-state index is -0.0230. The van der Waals surface area contributed by atoms with Crippen LogP contribution >= 0.6 is 11.6 Å². The molecule has 0 aliphatic rings. The van der Waals surface area contributed by atoms with Crippen molar-refractivity contribution in [2.24, 2.45) is 4.99 Å². The van der Waals surface area contributed by atoms with Crippen molar-refractivity contribution in [2.75, 3.05) is 7.05 Å². The van der Waals surface area contributed by atoms with Crippen molar-refractivity contribution in [3.8, 4) is 0 Å². The smallest absolute Gasteiger partial charge is 0.152 e. The zero-order valence-corrected chi connectivity index (χ0v) is 9.32. The molecule has 0 aliphatic heterocycles. The van der Waals surface area contributed by atoms with E-state index in [-0.39, 0.29) is 5.78 Å². The highest BCUT2D eigenvalue weighted by molar-refractivity contribution is 6.30. The zero-order chi connectivity index (χ0) is 11.3. The Morgan fingerprint density at radius 3 is 2.67 bits per heavy atom. The summed E-state index contributed by atoms with van der Waals surface area (Å²) in [6.07, 6.45) is 4.64. The van der Waals surface area contributed by atoms with Crippen LogP contribution in [0.1, 0.15) is 12.6 Å². The van der Waals surface area contributed by atoms with Crippen LogP contribution in [0.25, 0.3) is 0 Å². The van der Waals surface area contributed by atoms with E-state index in [9.17, 15) is 4.79 Å². The summed E-state index contributed by atoms with van der Waals surface area (Å²) in [5.74, 6) is -0.0230. The maximum atomic E-state index is 10.8. The van der Waals surface area contributed by atoms with Gasteiger partial charge in [-0.2, -0.15) is 0 Å². The van der Waals surface area contributed by atoms with Gasteiger partial charge in [0.15, 0.2) is 5.78 Å². The van der Waals surface area contributed by atoms with Crippen LogP contribution in [0.3, 0.4) is 0 Å². The van der Waals surface area contributed by atoms with Crippen LogP contribution in [0.15, 0.2) is 35.5 Å². The second-order valence-electron chi connectivity index (χ2n) is 2.91. The summed E-state index contributed by atoms with van der Waals surface area (Å²) in [5, 5.41) is 0.574. The molecule has 78 valence electrons. The predicted molar refractivity (Wildman–Crippen MR) is 61.5 cm³/mol. The first kappa shape index (κ1) is 11.6. The lowest BCUT2D eigenvalue weighted by Gasteiger charge is -1.98. The highest BCUT2D eigenvalue weighted by atomic mass is 35.5. The number of halogens is 1.